The van der Waals surface area contributed by atoms with Crippen LogP contribution in [0.5, 0.6) is 0 Å². The van der Waals surface area contributed by atoms with E-state index in [0.717, 1.165) is 16.8 Å². The Labute approximate surface area is 73.7 Å². The van der Waals surface area contributed by atoms with Crippen LogP contribution in [0.2, 0.25) is 0 Å². The van der Waals surface area contributed by atoms with Crippen molar-refractivity contribution in [3.05, 3.63) is 16.4 Å². The van der Waals surface area contributed by atoms with Crippen molar-refractivity contribution in [2.45, 2.75) is 12.8 Å². The fraction of sp³-hybridized carbons (Fsp3) is 0.429. The molecule has 0 aromatic carbocycles. The molecule has 60 valence electrons. The van der Waals surface area contributed by atoms with Crippen LogP contribution in [0.25, 0.3) is 0 Å². The third-order valence-electron chi connectivity index (χ3n) is 1.94. The minimum absolute atomic E-state index is 0.553. The van der Waals surface area contributed by atoms with Gasteiger partial charge in [0.15, 0.2) is 0 Å². The van der Waals surface area contributed by atoms with Crippen LogP contribution in [0.1, 0.15) is 18.5 Å². The summed E-state index contributed by atoms with van der Waals surface area (Å²) >= 11 is 3.40. The maximum Gasteiger partial charge on any atom is 0.0844 e. The quantitative estimate of drug-likeness (QED) is 0.618. The Bertz CT molecular complexity index is 269. The van der Waals surface area contributed by atoms with Gasteiger partial charge in [-0.15, -0.1) is 0 Å². The van der Waals surface area contributed by atoms with E-state index < -0.39 is 0 Å². The molecule has 1 atom stereocenters. The van der Waals surface area contributed by atoms with Crippen molar-refractivity contribution in [3.8, 4) is 0 Å². The molecule has 1 unspecified atom stereocenters. The fourth-order valence-electron chi connectivity index (χ4n) is 1.33. The first kappa shape index (κ1) is 7.18. The van der Waals surface area contributed by atoms with Gasteiger partial charge in [0.1, 0.15) is 0 Å². The van der Waals surface area contributed by atoms with Crippen molar-refractivity contribution >= 4 is 21.6 Å². The molecule has 0 saturated carbocycles. The molecule has 11 heavy (non-hydrogen) atoms. The van der Waals surface area contributed by atoms with Crippen LogP contribution in [0, 0.1) is 0 Å². The van der Waals surface area contributed by atoms with Crippen molar-refractivity contribution < 1.29 is 0 Å². The van der Waals surface area contributed by atoms with E-state index in [4.69, 9.17) is 0 Å². The lowest BCUT2D eigenvalue weighted by atomic mass is 10.1. The predicted octanol–water partition coefficient (Wildman–Crippen LogP) is 1.81. The van der Waals surface area contributed by atoms with Crippen LogP contribution in [-0.4, -0.2) is 11.5 Å². The van der Waals surface area contributed by atoms with E-state index in [2.05, 4.69) is 38.7 Å². The Kier molecular flexibility index (Phi) is 1.65. The Morgan fingerprint density at radius 3 is 3.18 bits per heavy atom. The van der Waals surface area contributed by atoms with Gasteiger partial charge < -0.3 is 10.4 Å². The molecule has 2 rings (SSSR count). The molecule has 1 aliphatic heterocycles. The van der Waals surface area contributed by atoms with Gasteiger partial charge in [-0.1, -0.05) is 6.92 Å². The molecule has 3 nitrogen and oxygen atoms in total. The second kappa shape index (κ2) is 2.53. The van der Waals surface area contributed by atoms with Gasteiger partial charge in [0.05, 0.1) is 10.3 Å². The lowest BCUT2D eigenvalue weighted by Crippen LogP contribution is -2.31. The van der Waals surface area contributed by atoms with E-state index in [1.807, 2.05) is 6.07 Å². The monoisotopic (exact) mass is 215 g/mol. The van der Waals surface area contributed by atoms with Crippen molar-refractivity contribution in [2.75, 3.05) is 12.0 Å². The smallest absolute Gasteiger partial charge is 0.0844 e. The standard InChI is InChI=1S/C7H10BrN3/c1-4-3-9-11-5-2-6(8)10-7(4)5/h2,4,9-11H,3H2,1H3. The molecule has 1 aliphatic rings. The summed E-state index contributed by atoms with van der Waals surface area (Å²) in [5.41, 5.74) is 8.64. The topological polar surface area (TPSA) is 39.8 Å². The molecule has 1 aromatic heterocycles. The summed E-state index contributed by atoms with van der Waals surface area (Å²) in [4.78, 5) is 3.26. The summed E-state index contributed by atoms with van der Waals surface area (Å²) < 4.78 is 1.03. The number of anilines is 1. The fourth-order valence-corrected chi connectivity index (χ4v) is 1.77. The normalized spacial score (nSPS) is 22.5. The third kappa shape index (κ3) is 1.16. The molecule has 0 spiro atoms. The number of rotatable bonds is 0. The molecule has 0 amide bonds. The van der Waals surface area contributed by atoms with E-state index in [0.29, 0.717) is 5.92 Å². The maximum absolute atomic E-state index is 3.40. The predicted molar refractivity (Wildman–Crippen MR) is 48.5 cm³/mol. The van der Waals surface area contributed by atoms with Gasteiger partial charge in [-0.05, 0) is 22.0 Å². The SMILES string of the molecule is CC1CNNc2cc(Br)[nH]c21. The van der Waals surface area contributed by atoms with Crippen LogP contribution >= 0.6 is 15.9 Å². The number of hydrogen-bond acceptors (Lipinski definition) is 2. The Hall–Kier alpha value is -0.480. The molecule has 0 fully saturated rings. The van der Waals surface area contributed by atoms with Gasteiger partial charge in [-0.3, -0.25) is 0 Å². The maximum atomic E-state index is 3.40. The highest BCUT2D eigenvalue weighted by Gasteiger charge is 2.17. The van der Waals surface area contributed by atoms with Gasteiger partial charge >= 0.3 is 0 Å². The Balaban J connectivity index is 2.43. The van der Waals surface area contributed by atoms with Crippen LogP contribution in [-0.2, 0) is 0 Å². The molecule has 0 radical (unpaired) electrons. The van der Waals surface area contributed by atoms with Crippen molar-refractivity contribution in [3.63, 3.8) is 0 Å². The van der Waals surface area contributed by atoms with Crippen LogP contribution in [0.4, 0.5) is 5.69 Å². The lowest BCUT2D eigenvalue weighted by Gasteiger charge is -2.20. The minimum atomic E-state index is 0.553. The van der Waals surface area contributed by atoms with E-state index in [-0.39, 0.29) is 0 Å². The number of aromatic nitrogens is 1. The molecular weight excluding hydrogens is 206 g/mol. The van der Waals surface area contributed by atoms with Crippen LogP contribution in [0.15, 0.2) is 10.7 Å². The zero-order chi connectivity index (χ0) is 7.84. The summed E-state index contributed by atoms with van der Waals surface area (Å²) in [7, 11) is 0. The number of nitrogens with one attached hydrogen (secondary N) is 3. The summed E-state index contributed by atoms with van der Waals surface area (Å²) in [5.74, 6) is 0.553. The second-order valence-electron chi connectivity index (χ2n) is 2.85. The Morgan fingerprint density at radius 2 is 2.45 bits per heavy atom. The summed E-state index contributed by atoms with van der Waals surface area (Å²) in [5, 5.41) is 0. The molecule has 0 bridgehead atoms. The van der Waals surface area contributed by atoms with Crippen molar-refractivity contribution in [1.82, 2.24) is 10.4 Å². The molecule has 3 N–H and O–H groups in total. The number of halogens is 1. The highest BCUT2D eigenvalue weighted by atomic mass is 79.9. The first-order chi connectivity index (χ1) is 5.27. The minimum Gasteiger partial charge on any atom is -0.351 e. The molecule has 0 saturated heterocycles. The summed E-state index contributed by atoms with van der Waals surface area (Å²) in [6.45, 7) is 3.16. The van der Waals surface area contributed by atoms with Gasteiger partial charge in [0, 0.05) is 18.2 Å². The number of fused-ring (bicyclic) bond motifs is 1. The summed E-state index contributed by atoms with van der Waals surface area (Å²) in [6.07, 6.45) is 0. The number of hydrogen-bond donors (Lipinski definition) is 3. The average Bonchev–Trinajstić information content (AvgIpc) is 2.31. The second-order valence-corrected chi connectivity index (χ2v) is 3.71. The third-order valence-corrected chi connectivity index (χ3v) is 2.37. The average molecular weight is 216 g/mol. The van der Waals surface area contributed by atoms with E-state index >= 15 is 0 Å². The highest BCUT2D eigenvalue weighted by molar-refractivity contribution is 9.10. The summed E-state index contributed by atoms with van der Waals surface area (Å²) in [6, 6.07) is 2.04. The molecule has 4 heteroatoms. The number of H-pyrrole nitrogens is 1. The van der Waals surface area contributed by atoms with E-state index in [1.54, 1.807) is 0 Å². The zero-order valence-corrected chi connectivity index (χ0v) is 7.83. The number of aromatic amines is 1. The van der Waals surface area contributed by atoms with Gasteiger partial charge in [-0.2, -0.15) is 0 Å². The van der Waals surface area contributed by atoms with Crippen molar-refractivity contribution in [2.24, 2.45) is 0 Å². The molecule has 2 heterocycles. The first-order valence-corrected chi connectivity index (χ1v) is 4.44. The Morgan fingerprint density at radius 1 is 1.64 bits per heavy atom. The van der Waals surface area contributed by atoms with Gasteiger partial charge in [-0.25, -0.2) is 5.43 Å². The van der Waals surface area contributed by atoms with Gasteiger partial charge in [0.25, 0.3) is 0 Å². The van der Waals surface area contributed by atoms with E-state index in [1.165, 1.54) is 5.69 Å². The molecule has 1 aromatic rings. The molecule has 0 aliphatic carbocycles. The largest absolute Gasteiger partial charge is 0.351 e. The zero-order valence-electron chi connectivity index (χ0n) is 6.24. The number of hydrazine groups is 1. The van der Waals surface area contributed by atoms with Gasteiger partial charge in [0.2, 0.25) is 0 Å². The lowest BCUT2D eigenvalue weighted by molar-refractivity contribution is 0.632. The van der Waals surface area contributed by atoms with Crippen molar-refractivity contribution in [1.29, 1.82) is 0 Å². The highest BCUT2D eigenvalue weighted by Crippen LogP contribution is 2.28. The van der Waals surface area contributed by atoms with E-state index in [9.17, 15) is 0 Å². The molecular formula is C7H10BrN3. The first-order valence-electron chi connectivity index (χ1n) is 3.64. The van der Waals surface area contributed by atoms with Crippen LogP contribution in [0.3, 0.4) is 0 Å². The van der Waals surface area contributed by atoms with Crippen LogP contribution < -0.4 is 10.9 Å².